The SMILES string of the molecule is O=C(NCCOCc1ccccc1)NC1c2ccccc2CC1O. The number of nitrogens with one attached hydrogen (secondary N) is 2. The van der Waals surface area contributed by atoms with Crippen molar-refractivity contribution in [3.63, 3.8) is 0 Å². The summed E-state index contributed by atoms with van der Waals surface area (Å²) in [4.78, 5) is 12.0. The lowest BCUT2D eigenvalue weighted by Gasteiger charge is -2.18. The summed E-state index contributed by atoms with van der Waals surface area (Å²) in [6.45, 7) is 1.38. The molecule has 0 aliphatic heterocycles. The molecule has 24 heavy (non-hydrogen) atoms. The van der Waals surface area contributed by atoms with Crippen molar-refractivity contribution < 1.29 is 14.6 Å². The maximum Gasteiger partial charge on any atom is 0.315 e. The van der Waals surface area contributed by atoms with Crippen LogP contribution in [0.25, 0.3) is 0 Å². The minimum atomic E-state index is -0.581. The van der Waals surface area contributed by atoms with E-state index in [0.717, 1.165) is 16.7 Å². The van der Waals surface area contributed by atoms with Crippen LogP contribution in [0.2, 0.25) is 0 Å². The highest BCUT2D eigenvalue weighted by Crippen LogP contribution is 2.30. The van der Waals surface area contributed by atoms with E-state index in [0.29, 0.717) is 26.2 Å². The third kappa shape index (κ3) is 4.13. The lowest BCUT2D eigenvalue weighted by atomic mass is 10.1. The van der Waals surface area contributed by atoms with Crippen molar-refractivity contribution in [3.8, 4) is 0 Å². The first-order valence-corrected chi connectivity index (χ1v) is 8.16. The molecule has 3 N–H and O–H groups in total. The molecule has 1 aliphatic carbocycles. The smallest absolute Gasteiger partial charge is 0.315 e. The molecule has 126 valence electrons. The molecule has 0 heterocycles. The number of benzene rings is 2. The highest BCUT2D eigenvalue weighted by Gasteiger charge is 2.31. The summed E-state index contributed by atoms with van der Waals surface area (Å²) < 4.78 is 5.53. The molecule has 2 atom stereocenters. The molecule has 0 saturated carbocycles. The second-order valence-corrected chi connectivity index (χ2v) is 5.89. The summed E-state index contributed by atoms with van der Waals surface area (Å²) in [5.74, 6) is 0. The highest BCUT2D eigenvalue weighted by molar-refractivity contribution is 5.74. The number of carbonyl (C=O) groups is 1. The molecule has 5 heteroatoms. The molecule has 3 rings (SSSR count). The van der Waals surface area contributed by atoms with Crippen LogP contribution in [0.1, 0.15) is 22.7 Å². The molecular weight excluding hydrogens is 304 g/mol. The summed E-state index contributed by atoms with van der Waals surface area (Å²) in [5, 5.41) is 15.7. The molecule has 0 spiro atoms. The van der Waals surface area contributed by atoms with E-state index < -0.39 is 6.10 Å². The van der Waals surface area contributed by atoms with Gasteiger partial charge in [0.15, 0.2) is 0 Å². The number of hydrogen-bond donors (Lipinski definition) is 3. The number of ether oxygens (including phenoxy) is 1. The van der Waals surface area contributed by atoms with E-state index in [9.17, 15) is 9.90 Å². The van der Waals surface area contributed by atoms with Crippen LogP contribution in [-0.2, 0) is 17.8 Å². The summed E-state index contributed by atoms with van der Waals surface area (Å²) >= 11 is 0. The average Bonchev–Trinajstić information content (AvgIpc) is 2.91. The minimum absolute atomic E-state index is 0.293. The zero-order valence-corrected chi connectivity index (χ0v) is 13.4. The second-order valence-electron chi connectivity index (χ2n) is 5.89. The van der Waals surface area contributed by atoms with Gasteiger partial charge in [-0.25, -0.2) is 4.79 Å². The number of urea groups is 1. The summed E-state index contributed by atoms with van der Waals surface area (Å²) in [7, 11) is 0. The third-order valence-electron chi connectivity index (χ3n) is 4.13. The molecule has 2 aromatic rings. The van der Waals surface area contributed by atoms with Gasteiger partial charge in [0.1, 0.15) is 0 Å². The second kappa shape index (κ2) is 7.95. The Bertz CT molecular complexity index is 675. The summed E-state index contributed by atoms with van der Waals surface area (Å²) in [6, 6.07) is 17.0. The van der Waals surface area contributed by atoms with Gasteiger partial charge in [0.05, 0.1) is 25.4 Å². The van der Waals surface area contributed by atoms with Gasteiger partial charge in [0.2, 0.25) is 0 Å². The van der Waals surface area contributed by atoms with E-state index in [4.69, 9.17) is 4.74 Å². The Balaban J connectivity index is 1.39. The van der Waals surface area contributed by atoms with Gasteiger partial charge >= 0.3 is 6.03 Å². The van der Waals surface area contributed by atoms with Crippen molar-refractivity contribution in [1.82, 2.24) is 10.6 Å². The van der Waals surface area contributed by atoms with Crippen LogP contribution >= 0.6 is 0 Å². The first-order chi connectivity index (χ1) is 11.7. The Morgan fingerprint density at radius 2 is 1.88 bits per heavy atom. The fourth-order valence-corrected chi connectivity index (χ4v) is 2.94. The van der Waals surface area contributed by atoms with Gasteiger partial charge in [0, 0.05) is 13.0 Å². The van der Waals surface area contributed by atoms with E-state index in [2.05, 4.69) is 10.6 Å². The Kier molecular flexibility index (Phi) is 5.46. The van der Waals surface area contributed by atoms with Crippen molar-refractivity contribution in [1.29, 1.82) is 0 Å². The Morgan fingerprint density at radius 3 is 2.71 bits per heavy atom. The maximum absolute atomic E-state index is 12.0. The molecule has 2 aromatic carbocycles. The first kappa shape index (κ1) is 16.5. The monoisotopic (exact) mass is 326 g/mol. The van der Waals surface area contributed by atoms with Gasteiger partial charge in [-0.2, -0.15) is 0 Å². The predicted octanol–water partition coefficient (Wildman–Crippen LogP) is 2.16. The number of carbonyl (C=O) groups excluding carboxylic acids is 1. The van der Waals surface area contributed by atoms with Crippen LogP contribution in [-0.4, -0.2) is 30.4 Å². The number of rotatable bonds is 6. The molecule has 0 radical (unpaired) electrons. The minimum Gasteiger partial charge on any atom is -0.390 e. The van der Waals surface area contributed by atoms with Crippen molar-refractivity contribution in [3.05, 3.63) is 71.3 Å². The zero-order chi connectivity index (χ0) is 16.8. The lowest BCUT2D eigenvalue weighted by molar-refractivity contribution is 0.121. The topological polar surface area (TPSA) is 70.6 Å². The van der Waals surface area contributed by atoms with Gasteiger partial charge < -0.3 is 20.5 Å². The van der Waals surface area contributed by atoms with Gasteiger partial charge in [-0.15, -0.1) is 0 Å². The standard InChI is InChI=1S/C19H22N2O3/c22-17-12-15-8-4-5-9-16(15)18(17)21-19(23)20-10-11-24-13-14-6-2-1-3-7-14/h1-9,17-18,22H,10-13H2,(H2,20,21,23). The number of aliphatic hydroxyl groups is 1. The molecule has 1 aliphatic rings. The fraction of sp³-hybridized carbons (Fsp3) is 0.316. The molecule has 0 aromatic heterocycles. The predicted molar refractivity (Wildman–Crippen MR) is 91.5 cm³/mol. The first-order valence-electron chi connectivity index (χ1n) is 8.16. The highest BCUT2D eigenvalue weighted by atomic mass is 16.5. The van der Waals surface area contributed by atoms with Crippen LogP contribution in [0.15, 0.2) is 54.6 Å². The largest absolute Gasteiger partial charge is 0.390 e. The number of fused-ring (bicyclic) bond motifs is 1. The van der Waals surface area contributed by atoms with E-state index in [-0.39, 0.29) is 12.1 Å². The van der Waals surface area contributed by atoms with E-state index >= 15 is 0 Å². The van der Waals surface area contributed by atoms with E-state index in [1.807, 2.05) is 54.6 Å². The Hall–Kier alpha value is -2.37. The number of aliphatic hydroxyl groups excluding tert-OH is 1. The molecule has 0 bridgehead atoms. The summed E-state index contributed by atoms with van der Waals surface area (Å²) in [5.41, 5.74) is 3.18. The molecular formula is C19H22N2O3. The Labute approximate surface area is 141 Å². The fourth-order valence-electron chi connectivity index (χ4n) is 2.94. The van der Waals surface area contributed by atoms with Crippen LogP contribution < -0.4 is 10.6 Å². The number of amides is 2. The van der Waals surface area contributed by atoms with Crippen LogP contribution in [0.4, 0.5) is 4.79 Å². The molecule has 0 saturated heterocycles. The maximum atomic E-state index is 12.0. The third-order valence-corrected chi connectivity index (χ3v) is 4.13. The van der Waals surface area contributed by atoms with Crippen LogP contribution in [0, 0.1) is 0 Å². The van der Waals surface area contributed by atoms with E-state index in [1.165, 1.54) is 0 Å². The Morgan fingerprint density at radius 1 is 1.12 bits per heavy atom. The van der Waals surface area contributed by atoms with Crippen molar-refractivity contribution >= 4 is 6.03 Å². The van der Waals surface area contributed by atoms with Crippen LogP contribution in [0.5, 0.6) is 0 Å². The average molecular weight is 326 g/mol. The molecule has 2 amide bonds. The van der Waals surface area contributed by atoms with E-state index in [1.54, 1.807) is 0 Å². The van der Waals surface area contributed by atoms with Gasteiger partial charge in [0.25, 0.3) is 0 Å². The van der Waals surface area contributed by atoms with Gasteiger partial charge in [-0.1, -0.05) is 54.6 Å². The van der Waals surface area contributed by atoms with Crippen molar-refractivity contribution in [2.75, 3.05) is 13.2 Å². The molecule has 2 unspecified atom stereocenters. The van der Waals surface area contributed by atoms with Crippen molar-refractivity contribution in [2.45, 2.75) is 25.2 Å². The van der Waals surface area contributed by atoms with Gasteiger partial charge in [-0.05, 0) is 16.7 Å². The lowest BCUT2D eigenvalue weighted by Crippen LogP contribution is -2.42. The normalized spacial score (nSPS) is 18.9. The quantitative estimate of drug-likeness (QED) is 0.713. The van der Waals surface area contributed by atoms with Gasteiger partial charge in [-0.3, -0.25) is 0 Å². The summed E-state index contributed by atoms with van der Waals surface area (Å²) in [6.07, 6.45) is -0.0103. The zero-order valence-electron chi connectivity index (χ0n) is 13.4. The number of hydrogen-bond acceptors (Lipinski definition) is 3. The molecule has 0 fully saturated rings. The van der Waals surface area contributed by atoms with Crippen LogP contribution in [0.3, 0.4) is 0 Å². The molecule has 5 nitrogen and oxygen atoms in total. The van der Waals surface area contributed by atoms with Crippen molar-refractivity contribution in [2.24, 2.45) is 0 Å².